The average molecular weight is 264 g/mol. The third kappa shape index (κ3) is 4.33. The highest BCUT2D eigenvalue weighted by Gasteiger charge is 2.38. The van der Waals surface area contributed by atoms with Gasteiger partial charge in [0, 0.05) is 5.92 Å². The molecule has 19 heavy (non-hydrogen) atoms. The van der Waals surface area contributed by atoms with E-state index >= 15 is 0 Å². The highest BCUT2D eigenvalue weighted by molar-refractivity contribution is 5.79. The molecule has 1 unspecified atom stereocenters. The minimum atomic E-state index is -1.71. The summed E-state index contributed by atoms with van der Waals surface area (Å²) in [6, 6.07) is 9.44. The molecule has 0 aliphatic heterocycles. The van der Waals surface area contributed by atoms with Crippen LogP contribution < -0.4 is 11.5 Å². The second-order valence-corrected chi connectivity index (χ2v) is 5.05. The summed E-state index contributed by atoms with van der Waals surface area (Å²) in [6.07, 6.45) is 5.01. The number of carbonyl (C=O) groups is 1. The highest BCUT2D eigenvalue weighted by Crippen LogP contribution is 2.29. The molecule has 4 nitrogen and oxygen atoms in total. The Labute approximate surface area is 114 Å². The average Bonchev–Trinajstić information content (AvgIpc) is 2.39. The summed E-state index contributed by atoms with van der Waals surface area (Å²) in [6.45, 7) is 2.14. The van der Waals surface area contributed by atoms with Gasteiger partial charge in [-0.2, -0.15) is 0 Å². The Hall–Kier alpha value is -1.39. The molecule has 0 spiro atoms. The van der Waals surface area contributed by atoms with Crippen LogP contribution in [-0.2, 0) is 4.79 Å². The van der Waals surface area contributed by atoms with Crippen LogP contribution in [0.5, 0.6) is 0 Å². The Bertz CT molecular complexity index is 390. The molecule has 0 aliphatic rings. The third-order valence-electron chi connectivity index (χ3n) is 3.50. The summed E-state index contributed by atoms with van der Waals surface area (Å²) in [5.74, 6) is -1.51. The van der Waals surface area contributed by atoms with Gasteiger partial charge in [-0.05, 0) is 12.0 Å². The van der Waals surface area contributed by atoms with Crippen molar-refractivity contribution in [3.05, 3.63) is 35.9 Å². The van der Waals surface area contributed by atoms with Gasteiger partial charge < -0.3 is 16.6 Å². The van der Waals surface area contributed by atoms with E-state index in [1.54, 1.807) is 0 Å². The second-order valence-electron chi connectivity index (χ2n) is 5.05. The standard InChI is InChI=1S/C15H24N2O2/c1-2-3-4-8-11-13(15(16,17)14(18)19)12-9-6-5-7-10-12/h5-7,9-10,13H,2-4,8,11,16-17H2,1H3,(H,18,19). The lowest BCUT2D eigenvalue weighted by Crippen LogP contribution is -2.60. The Morgan fingerprint density at radius 1 is 1.21 bits per heavy atom. The van der Waals surface area contributed by atoms with Gasteiger partial charge in [0.2, 0.25) is 0 Å². The molecule has 0 aromatic heterocycles. The van der Waals surface area contributed by atoms with Crippen molar-refractivity contribution in [3.8, 4) is 0 Å². The lowest BCUT2D eigenvalue weighted by Gasteiger charge is -2.30. The summed E-state index contributed by atoms with van der Waals surface area (Å²) >= 11 is 0. The van der Waals surface area contributed by atoms with Crippen molar-refractivity contribution >= 4 is 5.97 Å². The third-order valence-corrected chi connectivity index (χ3v) is 3.50. The van der Waals surface area contributed by atoms with Crippen LogP contribution in [0.3, 0.4) is 0 Å². The van der Waals surface area contributed by atoms with Crippen molar-refractivity contribution < 1.29 is 9.90 Å². The van der Waals surface area contributed by atoms with Crippen LogP contribution in [0.25, 0.3) is 0 Å². The van der Waals surface area contributed by atoms with E-state index in [2.05, 4.69) is 6.92 Å². The van der Waals surface area contributed by atoms with E-state index in [0.717, 1.165) is 31.2 Å². The number of carboxylic acid groups (broad SMARTS) is 1. The normalized spacial score (nSPS) is 13.2. The molecular weight excluding hydrogens is 240 g/mol. The Morgan fingerprint density at radius 3 is 2.37 bits per heavy atom. The van der Waals surface area contributed by atoms with Crippen molar-refractivity contribution in [2.75, 3.05) is 0 Å². The van der Waals surface area contributed by atoms with Gasteiger partial charge in [-0.15, -0.1) is 0 Å². The summed E-state index contributed by atoms with van der Waals surface area (Å²) in [4.78, 5) is 11.3. The van der Waals surface area contributed by atoms with E-state index in [4.69, 9.17) is 11.5 Å². The summed E-state index contributed by atoms with van der Waals surface area (Å²) in [7, 11) is 0. The van der Waals surface area contributed by atoms with Gasteiger partial charge in [0.05, 0.1) is 0 Å². The Morgan fingerprint density at radius 2 is 1.84 bits per heavy atom. The molecule has 0 radical (unpaired) electrons. The van der Waals surface area contributed by atoms with E-state index in [0.29, 0.717) is 6.42 Å². The van der Waals surface area contributed by atoms with Crippen molar-refractivity contribution in [1.29, 1.82) is 0 Å². The fourth-order valence-corrected chi connectivity index (χ4v) is 2.29. The molecule has 1 rings (SSSR count). The van der Waals surface area contributed by atoms with E-state index in [1.807, 2.05) is 30.3 Å². The first-order valence-corrected chi connectivity index (χ1v) is 6.86. The van der Waals surface area contributed by atoms with Crippen LogP contribution in [0.15, 0.2) is 30.3 Å². The van der Waals surface area contributed by atoms with Gasteiger partial charge in [0.1, 0.15) is 0 Å². The predicted molar refractivity (Wildman–Crippen MR) is 76.7 cm³/mol. The molecule has 1 aromatic rings. The predicted octanol–water partition coefficient (Wildman–Crippen LogP) is 2.44. The summed E-state index contributed by atoms with van der Waals surface area (Å²) in [5, 5.41) is 9.23. The molecule has 0 heterocycles. The van der Waals surface area contributed by atoms with Crippen molar-refractivity contribution in [2.24, 2.45) is 11.5 Å². The number of carboxylic acids is 1. The van der Waals surface area contributed by atoms with Crippen LogP contribution in [0.4, 0.5) is 0 Å². The van der Waals surface area contributed by atoms with Crippen LogP contribution in [-0.4, -0.2) is 16.7 Å². The maximum absolute atomic E-state index is 11.3. The SMILES string of the molecule is CCCCCCC(c1ccccc1)C(N)(N)C(=O)O. The molecule has 4 heteroatoms. The number of nitrogens with two attached hydrogens (primary N) is 2. The topological polar surface area (TPSA) is 89.3 Å². The quantitative estimate of drug-likeness (QED) is 0.497. The number of hydrogen-bond donors (Lipinski definition) is 3. The van der Waals surface area contributed by atoms with E-state index in [1.165, 1.54) is 0 Å². The zero-order valence-electron chi connectivity index (χ0n) is 11.5. The molecule has 1 aromatic carbocycles. The van der Waals surface area contributed by atoms with E-state index < -0.39 is 11.6 Å². The number of unbranched alkanes of at least 4 members (excludes halogenated alkanes) is 3. The van der Waals surface area contributed by atoms with Gasteiger partial charge in [-0.3, -0.25) is 0 Å². The van der Waals surface area contributed by atoms with E-state index in [9.17, 15) is 9.90 Å². The van der Waals surface area contributed by atoms with E-state index in [-0.39, 0.29) is 5.92 Å². The first-order valence-electron chi connectivity index (χ1n) is 6.86. The van der Waals surface area contributed by atoms with Gasteiger partial charge in [-0.1, -0.05) is 62.9 Å². The first-order chi connectivity index (χ1) is 9.00. The fraction of sp³-hybridized carbons (Fsp3) is 0.533. The molecule has 0 bridgehead atoms. The monoisotopic (exact) mass is 264 g/mol. The van der Waals surface area contributed by atoms with Gasteiger partial charge >= 0.3 is 5.97 Å². The lowest BCUT2D eigenvalue weighted by molar-refractivity contribution is -0.144. The Kier molecular flexibility index (Phi) is 5.99. The first kappa shape index (κ1) is 15.7. The number of aliphatic carboxylic acids is 1. The molecule has 1 atom stereocenters. The summed E-state index contributed by atoms with van der Waals surface area (Å²) in [5.41, 5.74) is 10.8. The molecule has 0 saturated carbocycles. The number of rotatable bonds is 8. The smallest absolute Gasteiger partial charge is 0.339 e. The van der Waals surface area contributed by atoms with Crippen LogP contribution in [0.2, 0.25) is 0 Å². The summed E-state index contributed by atoms with van der Waals surface area (Å²) < 4.78 is 0. The number of hydrogen-bond acceptors (Lipinski definition) is 3. The van der Waals surface area contributed by atoms with Crippen LogP contribution >= 0.6 is 0 Å². The van der Waals surface area contributed by atoms with Crippen LogP contribution in [0, 0.1) is 0 Å². The largest absolute Gasteiger partial charge is 0.479 e. The van der Waals surface area contributed by atoms with Crippen molar-refractivity contribution in [2.45, 2.75) is 50.6 Å². The van der Waals surface area contributed by atoms with Gasteiger partial charge in [0.25, 0.3) is 0 Å². The second kappa shape index (κ2) is 7.26. The van der Waals surface area contributed by atoms with Gasteiger partial charge in [0.15, 0.2) is 5.66 Å². The molecule has 5 N–H and O–H groups in total. The van der Waals surface area contributed by atoms with Crippen molar-refractivity contribution in [1.82, 2.24) is 0 Å². The fourth-order valence-electron chi connectivity index (χ4n) is 2.29. The highest BCUT2D eigenvalue weighted by atomic mass is 16.4. The zero-order valence-corrected chi connectivity index (χ0v) is 11.5. The van der Waals surface area contributed by atoms with Crippen molar-refractivity contribution in [3.63, 3.8) is 0 Å². The molecule has 0 aliphatic carbocycles. The molecular formula is C15H24N2O2. The minimum absolute atomic E-state index is 0.358. The maximum Gasteiger partial charge on any atom is 0.339 e. The van der Waals surface area contributed by atoms with Gasteiger partial charge in [-0.25, -0.2) is 4.79 Å². The van der Waals surface area contributed by atoms with Crippen LogP contribution in [0.1, 0.15) is 50.5 Å². The molecule has 0 amide bonds. The Balaban J connectivity index is 2.83. The number of benzene rings is 1. The lowest BCUT2D eigenvalue weighted by atomic mass is 9.83. The zero-order chi connectivity index (χ0) is 14.3. The molecule has 0 fully saturated rings. The molecule has 106 valence electrons. The minimum Gasteiger partial charge on any atom is -0.479 e. The molecule has 0 saturated heterocycles. The maximum atomic E-state index is 11.3.